The highest BCUT2D eigenvalue weighted by atomic mass is 16.4. The van der Waals surface area contributed by atoms with E-state index in [2.05, 4.69) is 18.8 Å². The molecule has 2 aromatic rings. The summed E-state index contributed by atoms with van der Waals surface area (Å²) in [5.74, 6) is -0.890. The molecule has 0 saturated carbocycles. The maximum absolute atomic E-state index is 11.8. The molecule has 23 heavy (non-hydrogen) atoms. The van der Waals surface area contributed by atoms with Crippen molar-refractivity contribution in [1.29, 1.82) is 0 Å². The lowest BCUT2D eigenvalue weighted by atomic mass is 9.95. The van der Waals surface area contributed by atoms with Crippen LogP contribution in [0.2, 0.25) is 0 Å². The van der Waals surface area contributed by atoms with Crippen molar-refractivity contribution in [1.82, 2.24) is 4.98 Å². The normalized spacial score (nSPS) is 10.7. The lowest BCUT2D eigenvalue weighted by molar-refractivity contribution is 0.0696. The van der Waals surface area contributed by atoms with Crippen molar-refractivity contribution in [2.45, 2.75) is 52.9 Å². The van der Waals surface area contributed by atoms with Gasteiger partial charge in [-0.15, -0.1) is 0 Å². The maximum Gasteiger partial charge on any atom is 0.338 e. The summed E-state index contributed by atoms with van der Waals surface area (Å²) in [5.41, 5.74) is 4.98. The standard InChI is InChI=1S/C20H25NO2/c1-4-6-8-16-13-17(15-11-9-14(3)10-12-15)19(20(22)23)18(21-16)7-5-2/h9-13H,4-8H2,1-3H3,(H,22,23). The summed E-state index contributed by atoms with van der Waals surface area (Å²) in [4.78, 5) is 16.5. The molecule has 1 heterocycles. The van der Waals surface area contributed by atoms with Gasteiger partial charge in [-0.25, -0.2) is 4.79 Å². The van der Waals surface area contributed by atoms with Crippen LogP contribution in [0.5, 0.6) is 0 Å². The van der Waals surface area contributed by atoms with Gasteiger partial charge in [0.1, 0.15) is 0 Å². The van der Waals surface area contributed by atoms with Crippen LogP contribution in [0.4, 0.5) is 0 Å². The predicted molar refractivity (Wildman–Crippen MR) is 94.0 cm³/mol. The van der Waals surface area contributed by atoms with Crippen LogP contribution in [-0.4, -0.2) is 16.1 Å². The van der Waals surface area contributed by atoms with Crippen molar-refractivity contribution in [3.63, 3.8) is 0 Å². The first-order chi connectivity index (χ1) is 11.1. The molecule has 0 fully saturated rings. The van der Waals surface area contributed by atoms with Crippen LogP contribution in [-0.2, 0) is 12.8 Å². The molecule has 122 valence electrons. The van der Waals surface area contributed by atoms with Gasteiger partial charge in [0, 0.05) is 5.69 Å². The lowest BCUT2D eigenvalue weighted by Crippen LogP contribution is -2.10. The molecule has 0 radical (unpaired) electrons. The van der Waals surface area contributed by atoms with E-state index in [-0.39, 0.29) is 0 Å². The molecule has 1 N–H and O–H groups in total. The first-order valence-corrected chi connectivity index (χ1v) is 8.39. The Morgan fingerprint density at radius 1 is 1.09 bits per heavy atom. The van der Waals surface area contributed by atoms with E-state index in [0.29, 0.717) is 17.7 Å². The molecule has 1 aromatic heterocycles. The van der Waals surface area contributed by atoms with E-state index in [1.807, 2.05) is 37.3 Å². The van der Waals surface area contributed by atoms with Gasteiger partial charge in [0.15, 0.2) is 0 Å². The fraction of sp³-hybridized carbons (Fsp3) is 0.400. The molecule has 1 aromatic carbocycles. The minimum Gasteiger partial charge on any atom is -0.478 e. The molecule has 0 aliphatic heterocycles. The van der Waals surface area contributed by atoms with Gasteiger partial charge in [0.2, 0.25) is 0 Å². The van der Waals surface area contributed by atoms with Gasteiger partial charge in [-0.05, 0) is 43.4 Å². The Morgan fingerprint density at radius 3 is 2.35 bits per heavy atom. The van der Waals surface area contributed by atoms with Gasteiger partial charge in [-0.1, -0.05) is 56.5 Å². The Morgan fingerprint density at radius 2 is 1.78 bits per heavy atom. The number of aromatic carboxylic acids is 1. The number of hydrogen-bond acceptors (Lipinski definition) is 2. The van der Waals surface area contributed by atoms with Gasteiger partial charge in [-0.2, -0.15) is 0 Å². The Bertz CT molecular complexity index is 675. The van der Waals surface area contributed by atoms with E-state index in [9.17, 15) is 9.90 Å². The summed E-state index contributed by atoms with van der Waals surface area (Å²) in [6, 6.07) is 10.00. The average Bonchev–Trinajstić information content (AvgIpc) is 2.53. The summed E-state index contributed by atoms with van der Waals surface area (Å²) in [6.07, 6.45) is 4.65. The van der Waals surface area contributed by atoms with Crippen LogP contribution in [0.3, 0.4) is 0 Å². The van der Waals surface area contributed by atoms with Gasteiger partial charge < -0.3 is 5.11 Å². The van der Waals surface area contributed by atoms with Crippen LogP contribution >= 0.6 is 0 Å². The third-order valence-corrected chi connectivity index (χ3v) is 4.00. The van der Waals surface area contributed by atoms with Gasteiger partial charge >= 0.3 is 5.97 Å². The van der Waals surface area contributed by atoms with E-state index in [1.165, 1.54) is 5.56 Å². The number of carboxylic acids is 1. The molecule has 0 unspecified atom stereocenters. The molecule has 0 aliphatic carbocycles. The highest BCUT2D eigenvalue weighted by Gasteiger charge is 2.19. The summed E-state index contributed by atoms with van der Waals surface area (Å²) in [7, 11) is 0. The smallest absolute Gasteiger partial charge is 0.338 e. The van der Waals surface area contributed by atoms with Gasteiger partial charge in [-0.3, -0.25) is 4.98 Å². The fourth-order valence-electron chi connectivity index (χ4n) is 2.76. The van der Waals surface area contributed by atoms with Crippen molar-refractivity contribution in [3.8, 4) is 11.1 Å². The SMILES string of the molecule is CCCCc1cc(-c2ccc(C)cc2)c(C(=O)O)c(CCC)n1. The molecule has 0 aliphatic rings. The Balaban J connectivity index is 2.61. The van der Waals surface area contributed by atoms with E-state index < -0.39 is 5.97 Å². The number of hydrogen-bond donors (Lipinski definition) is 1. The van der Waals surface area contributed by atoms with E-state index in [0.717, 1.165) is 42.5 Å². The molecule has 2 rings (SSSR count). The van der Waals surface area contributed by atoms with E-state index in [1.54, 1.807) is 0 Å². The van der Waals surface area contributed by atoms with E-state index >= 15 is 0 Å². The number of nitrogens with zero attached hydrogens (tertiary/aromatic N) is 1. The van der Waals surface area contributed by atoms with Crippen LogP contribution in [0.15, 0.2) is 30.3 Å². The molecule has 0 saturated heterocycles. The molecular formula is C20H25NO2. The number of aryl methyl sites for hydroxylation is 3. The number of aromatic nitrogens is 1. The van der Waals surface area contributed by atoms with Crippen molar-refractivity contribution in [2.75, 3.05) is 0 Å². The third-order valence-electron chi connectivity index (χ3n) is 4.00. The molecule has 0 spiro atoms. The number of rotatable bonds is 7. The third kappa shape index (κ3) is 4.19. The Labute approximate surface area is 138 Å². The first kappa shape index (κ1) is 17.2. The molecule has 0 atom stereocenters. The number of pyridine rings is 1. The van der Waals surface area contributed by atoms with Crippen molar-refractivity contribution in [3.05, 3.63) is 52.8 Å². The van der Waals surface area contributed by atoms with Gasteiger partial charge in [0.25, 0.3) is 0 Å². The summed E-state index contributed by atoms with van der Waals surface area (Å²) in [6.45, 7) is 6.24. The quantitative estimate of drug-likeness (QED) is 0.778. The van der Waals surface area contributed by atoms with Crippen molar-refractivity contribution >= 4 is 5.97 Å². The zero-order valence-corrected chi connectivity index (χ0v) is 14.2. The average molecular weight is 311 g/mol. The number of carbonyl (C=O) groups is 1. The van der Waals surface area contributed by atoms with Crippen LogP contribution < -0.4 is 0 Å². The minimum atomic E-state index is -0.890. The molecule has 0 amide bonds. The molecule has 3 nitrogen and oxygen atoms in total. The Hall–Kier alpha value is -2.16. The Kier molecular flexibility index (Phi) is 5.91. The van der Waals surface area contributed by atoms with Crippen LogP contribution in [0, 0.1) is 6.92 Å². The van der Waals surface area contributed by atoms with Gasteiger partial charge in [0.05, 0.1) is 11.3 Å². The maximum atomic E-state index is 11.8. The minimum absolute atomic E-state index is 0.357. The summed E-state index contributed by atoms with van der Waals surface area (Å²) in [5, 5.41) is 9.72. The topological polar surface area (TPSA) is 50.2 Å². The predicted octanol–water partition coefficient (Wildman–Crippen LogP) is 5.05. The number of unbranched alkanes of at least 4 members (excludes halogenated alkanes) is 1. The van der Waals surface area contributed by atoms with E-state index in [4.69, 9.17) is 0 Å². The highest BCUT2D eigenvalue weighted by molar-refractivity contribution is 5.97. The highest BCUT2D eigenvalue weighted by Crippen LogP contribution is 2.28. The second kappa shape index (κ2) is 7.91. The lowest BCUT2D eigenvalue weighted by Gasteiger charge is -2.14. The molecule has 3 heteroatoms. The molecular weight excluding hydrogens is 286 g/mol. The van der Waals surface area contributed by atoms with Crippen molar-refractivity contribution in [2.24, 2.45) is 0 Å². The zero-order chi connectivity index (χ0) is 16.8. The summed E-state index contributed by atoms with van der Waals surface area (Å²) < 4.78 is 0. The molecule has 0 bridgehead atoms. The number of benzene rings is 1. The first-order valence-electron chi connectivity index (χ1n) is 8.39. The summed E-state index contributed by atoms with van der Waals surface area (Å²) >= 11 is 0. The van der Waals surface area contributed by atoms with Crippen LogP contribution in [0.25, 0.3) is 11.1 Å². The second-order valence-electron chi connectivity index (χ2n) is 6.01. The van der Waals surface area contributed by atoms with Crippen molar-refractivity contribution < 1.29 is 9.90 Å². The zero-order valence-electron chi connectivity index (χ0n) is 14.2. The monoisotopic (exact) mass is 311 g/mol. The largest absolute Gasteiger partial charge is 0.478 e. The second-order valence-corrected chi connectivity index (χ2v) is 6.01. The number of carboxylic acid groups (broad SMARTS) is 1. The fourth-order valence-corrected chi connectivity index (χ4v) is 2.76. The van der Waals surface area contributed by atoms with Crippen LogP contribution in [0.1, 0.15) is 60.4 Å².